The third-order valence-electron chi connectivity index (χ3n) is 2.99. The quantitative estimate of drug-likeness (QED) is 0.776. The van der Waals surface area contributed by atoms with E-state index in [4.69, 9.17) is 11.6 Å². The first-order valence-electron chi connectivity index (χ1n) is 5.85. The van der Waals surface area contributed by atoms with Crippen LogP contribution < -0.4 is 0 Å². The van der Waals surface area contributed by atoms with E-state index in [1.54, 1.807) is 28.6 Å². The van der Waals surface area contributed by atoms with E-state index in [9.17, 15) is 8.42 Å². The molecule has 3 nitrogen and oxygen atoms in total. The van der Waals surface area contributed by atoms with Crippen LogP contribution in [0.1, 0.15) is 25.7 Å². The topological polar surface area (TPSA) is 37.4 Å². The molecule has 0 unspecified atom stereocenters. The second kappa shape index (κ2) is 5.38. The molecule has 1 aliphatic heterocycles. The molecule has 0 aromatic heterocycles. The van der Waals surface area contributed by atoms with Gasteiger partial charge in [0.15, 0.2) is 0 Å². The van der Waals surface area contributed by atoms with E-state index in [2.05, 4.69) is 0 Å². The molecule has 17 heavy (non-hydrogen) atoms. The molecule has 0 radical (unpaired) electrons. The first-order valence-corrected chi connectivity index (χ1v) is 7.66. The minimum atomic E-state index is -3.32. The van der Waals surface area contributed by atoms with Gasteiger partial charge in [-0.2, -0.15) is 4.31 Å². The van der Waals surface area contributed by atoms with Gasteiger partial charge in [0.1, 0.15) is 0 Å². The maximum atomic E-state index is 12.3. The molecule has 0 N–H and O–H groups in total. The Morgan fingerprint density at radius 2 is 1.76 bits per heavy atom. The van der Waals surface area contributed by atoms with E-state index in [1.807, 2.05) is 0 Å². The Balaban J connectivity index is 2.21. The van der Waals surface area contributed by atoms with Crippen LogP contribution in [0.2, 0.25) is 0 Å². The third kappa shape index (κ3) is 3.00. The summed E-state index contributed by atoms with van der Waals surface area (Å²) in [5.74, 6) is 0. The summed E-state index contributed by atoms with van der Waals surface area (Å²) in [4.78, 5) is 0.367. The molecule has 2 rings (SSSR count). The summed E-state index contributed by atoms with van der Waals surface area (Å²) in [6.45, 7) is 1.27. The maximum Gasteiger partial charge on any atom is 0.242 e. The van der Waals surface area contributed by atoms with Crippen LogP contribution in [0.25, 0.3) is 0 Å². The largest absolute Gasteiger partial charge is 0.242 e. The normalized spacial score (nSPS) is 22.9. The fourth-order valence-corrected chi connectivity index (χ4v) is 3.77. The molecule has 0 aromatic rings. The van der Waals surface area contributed by atoms with Crippen LogP contribution in [0, 0.1) is 0 Å². The number of hydrogen-bond acceptors (Lipinski definition) is 2. The van der Waals surface area contributed by atoms with Gasteiger partial charge in [-0.3, -0.25) is 0 Å². The highest BCUT2D eigenvalue weighted by atomic mass is 35.5. The number of allylic oxidation sites excluding steroid dienone is 5. The zero-order chi connectivity index (χ0) is 12.3. The summed E-state index contributed by atoms with van der Waals surface area (Å²) in [5, 5.41) is 0.588. The first-order chi connectivity index (χ1) is 8.10. The van der Waals surface area contributed by atoms with Crippen LogP contribution in [0.3, 0.4) is 0 Å². The highest BCUT2D eigenvalue weighted by Gasteiger charge is 2.26. The van der Waals surface area contributed by atoms with E-state index in [0.717, 1.165) is 19.3 Å². The van der Waals surface area contributed by atoms with Gasteiger partial charge in [-0.25, -0.2) is 8.42 Å². The second-order valence-electron chi connectivity index (χ2n) is 4.23. The van der Waals surface area contributed by atoms with Crippen LogP contribution in [0.4, 0.5) is 0 Å². The zero-order valence-corrected chi connectivity index (χ0v) is 11.2. The van der Waals surface area contributed by atoms with E-state index in [-0.39, 0.29) is 0 Å². The predicted molar refractivity (Wildman–Crippen MR) is 70.1 cm³/mol. The number of nitrogens with zero attached hydrogens (tertiary/aromatic N) is 1. The van der Waals surface area contributed by atoms with Gasteiger partial charge in [0.2, 0.25) is 10.0 Å². The van der Waals surface area contributed by atoms with Gasteiger partial charge in [0.05, 0.1) is 4.91 Å². The van der Waals surface area contributed by atoms with Crippen LogP contribution in [0.5, 0.6) is 0 Å². The molecule has 0 atom stereocenters. The van der Waals surface area contributed by atoms with Crippen LogP contribution in [0.15, 0.2) is 34.2 Å². The minimum Gasteiger partial charge on any atom is -0.207 e. The van der Waals surface area contributed by atoms with E-state index >= 15 is 0 Å². The van der Waals surface area contributed by atoms with Crippen molar-refractivity contribution in [1.82, 2.24) is 4.31 Å². The standard InChI is InChI=1S/C12H16ClNO2S/c13-11-5-4-6-12(8-7-11)17(15,16)14-9-2-1-3-10-14/h5-8H,1-4,9-10H2. The van der Waals surface area contributed by atoms with Crippen molar-refractivity contribution in [2.45, 2.75) is 25.7 Å². The molecule has 2 aliphatic rings. The smallest absolute Gasteiger partial charge is 0.207 e. The lowest BCUT2D eigenvalue weighted by Gasteiger charge is -2.26. The van der Waals surface area contributed by atoms with Gasteiger partial charge in [-0.15, -0.1) is 0 Å². The number of hydrogen-bond donors (Lipinski definition) is 0. The summed E-state index contributed by atoms with van der Waals surface area (Å²) >= 11 is 5.85. The highest BCUT2D eigenvalue weighted by molar-refractivity contribution is 7.93. The van der Waals surface area contributed by atoms with Crippen molar-refractivity contribution in [1.29, 1.82) is 0 Å². The molecule has 1 fully saturated rings. The Bertz CT molecular complexity index is 471. The molecule has 1 saturated heterocycles. The van der Waals surface area contributed by atoms with E-state index in [1.165, 1.54) is 0 Å². The summed E-state index contributed by atoms with van der Waals surface area (Å²) in [7, 11) is -3.32. The van der Waals surface area contributed by atoms with Crippen molar-refractivity contribution in [2.75, 3.05) is 13.1 Å². The Labute approximate surface area is 107 Å². The Kier molecular flexibility index (Phi) is 4.07. The maximum absolute atomic E-state index is 12.3. The lowest BCUT2D eigenvalue weighted by Crippen LogP contribution is -2.36. The molecule has 94 valence electrons. The molecular weight excluding hydrogens is 258 g/mol. The monoisotopic (exact) mass is 273 g/mol. The Hall–Kier alpha value is -0.580. The number of piperidine rings is 1. The average molecular weight is 274 g/mol. The molecule has 0 saturated carbocycles. The summed E-state index contributed by atoms with van der Waals surface area (Å²) in [6, 6.07) is 0. The zero-order valence-electron chi connectivity index (χ0n) is 9.60. The van der Waals surface area contributed by atoms with Gasteiger partial charge in [-0.05, 0) is 31.4 Å². The molecule has 1 aliphatic carbocycles. The number of halogens is 1. The van der Waals surface area contributed by atoms with Crippen molar-refractivity contribution in [3.63, 3.8) is 0 Å². The van der Waals surface area contributed by atoms with E-state index in [0.29, 0.717) is 29.4 Å². The van der Waals surface area contributed by atoms with Gasteiger partial charge in [-0.1, -0.05) is 30.2 Å². The van der Waals surface area contributed by atoms with E-state index < -0.39 is 10.0 Å². The molecule has 0 bridgehead atoms. The van der Waals surface area contributed by atoms with Crippen molar-refractivity contribution in [3.8, 4) is 0 Å². The summed E-state index contributed by atoms with van der Waals surface area (Å²) in [6.07, 6.45) is 10.3. The minimum absolute atomic E-state index is 0.367. The SMILES string of the molecule is O=S(=O)(C1=CCC=C(Cl)C=C1)N1CCCCC1. The Morgan fingerprint density at radius 3 is 2.47 bits per heavy atom. The average Bonchev–Trinajstić information content (AvgIpc) is 2.55. The van der Waals surface area contributed by atoms with Crippen molar-refractivity contribution in [3.05, 3.63) is 34.2 Å². The van der Waals surface area contributed by atoms with Crippen molar-refractivity contribution >= 4 is 21.6 Å². The molecule has 5 heteroatoms. The molecule has 0 amide bonds. The van der Waals surface area contributed by atoms with Crippen LogP contribution in [-0.2, 0) is 10.0 Å². The lowest BCUT2D eigenvalue weighted by atomic mass is 10.2. The van der Waals surface area contributed by atoms with Gasteiger partial charge >= 0.3 is 0 Å². The van der Waals surface area contributed by atoms with Crippen LogP contribution >= 0.6 is 11.6 Å². The summed E-state index contributed by atoms with van der Waals surface area (Å²) in [5.41, 5.74) is 0. The highest BCUT2D eigenvalue weighted by Crippen LogP contribution is 2.23. The fraction of sp³-hybridized carbons (Fsp3) is 0.500. The fourth-order valence-electron chi connectivity index (χ4n) is 2.03. The third-order valence-corrected chi connectivity index (χ3v) is 5.22. The Morgan fingerprint density at radius 1 is 1.06 bits per heavy atom. The van der Waals surface area contributed by atoms with Gasteiger partial charge in [0, 0.05) is 18.1 Å². The van der Waals surface area contributed by atoms with Gasteiger partial charge in [0.25, 0.3) is 0 Å². The molecule has 1 heterocycles. The van der Waals surface area contributed by atoms with Crippen molar-refractivity contribution in [2.24, 2.45) is 0 Å². The van der Waals surface area contributed by atoms with Crippen molar-refractivity contribution < 1.29 is 8.42 Å². The molecule has 0 spiro atoms. The van der Waals surface area contributed by atoms with Crippen LogP contribution in [-0.4, -0.2) is 25.8 Å². The number of rotatable bonds is 2. The predicted octanol–water partition coefficient (Wildman–Crippen LogP) is 2.77. The first kappa shape index (κ1) is 12.9. The van der Waals surface area contributed by atoms with Gasteiger partial charge < -0.3 is 0 Å². The number of sulfonamides is 1. The lowest BCUT2D eigenvalue weighted by molar-refractivity contribution is 0.350. The summed E-state index contributed by atoms with van der Waals surface area (Å²) < 4.78 is 26.3. The second-order valence-corrected chi connectivity index (χ2v) is 6.60. The molecule has 0 aromatic carbocycles. The molecular formula is C12H16ClNO2S.